The van der Waals surface area contributed by atoms with Crippen LogP contribution in [0.5, 0.6) is 0 Å². The van der Waals surface area contributed by atoms with E-state index in [0.717, 1.165) is 25.3 Å². The minimum absolute atomic E-state index is 0.644. The van der Waals surface area contributed by atoms with Crippen LogP contribution in [-0.4, -0.2) is 21.1 Å². The summed E-state index contributed by atoms with van der Waals surface area (Å²) in [6.45, 7) is 3.85. The third-order valence-corrected chi connectivity index (χ3v) is 4.93. The average molecular weight is 347 g/mol. The van der Waals surface area contributed by atoms with Crippen LogP contribution >= 0.6 is 0 Å². The lowest BCUT2D eigenvalue weighted by molar-refractivity contribution is 0.209. The average Bonchev–Trinajstić information content (AvgIpc) is 3.44. The predicted molar refractivity (Wildman–Crippen MR) is 102 cm³/mol. The highest BCUT2D eigenvalue weighted by Gasteiger charge is 2.30. The zero-order chi connectivity index (χ0) is 17.8. The number of rotatable bonds is 8. The van der Waals surface area contributed by atoms with Gasteiger partial charge in [0.05, 0.1) is 6.54 Å². The molecule has 0 saturated heterocycles. The van der Waals surface area contributed by atoms with E-state index in [9.17, 15) is 0 Å². The largest absolute Gasteiger partial charge is 0.338 e. The van der Waals surface area contributed by atoms with Crippen LogP contribution in [0, 0.1) is 0 Å². The van der Waals surface area contributed by atoms with Gasteiger partial charge in [-0.05, 0) is 36.0 Å². The molecule has 4 rings (SSSR count). The summed E-state index contributed by atoms with van der Waals surface area (Å²) < 4.78 is 5.52. The van der Waals surface area contributed by atoms with E-state index in [1.54, 1.807) is 0 Å². The minimum Gasteiger partial charge on any atom is -0.338 e. The molecule has 4 heteroatoms. The van der Waals surface area contributed by atoms with Gasteiger partial charge >= 0.3 is 0 Å². The molecule has 1 heterocycles. The SMILES string of the molecule is CCc1ccc(CN(Cc2nc(Cc3ccccc3)no2)C2CC2)cc1. The molecule has 26 heavy (non-hydrogen) atoms. The summed E-state index contributed by atoms with van der Waals surface area (Å²) in [5.74, 6) is 1.47. The molecule has 0 aliphatic heterocycles. The Balaban J connectivity index is 1.40. The zero-order valence-corrected chi connectivity index (χ0v) is 15.3. The first-order valence-electron chi connectivity index (χ1n) is 9.47. The summed E-state index contributed by atoms with van der Waals surface area (Å²) >= 11 is 0. The molecule has 1 fully saturated rings. The Labute approximate surface area is 154 Å². The van der Waals surface area contributed by atoms with E-state index in [-0.39, 0.29) is 0 Å². The molecule has 0 spiro atoms. The first-order chi connectivity index (χ1) is 12.8. The van der Waals surface area contributed by atoms with Crippen LogP contribution in [0.1, 0.15) is 48.2 Å². The minimum atomic E-state index is 0.644. The summed E-state index contributed by atoms with van der Waals surface area (Å²) in [6.07, 6.45) is 4.32. The van der Waals surface area contributed by atoms with Crippen LogP contribution in [-0.2, 0) is 25.9 Å². The fourth-order valence-corrected chi connectivity index (χ4v) is 3.25. The molecule has 0 unspecified atom stereocenters. The molecule has 134 valence electrons. The highest BCUT2D eigenvalue weighted by Crippen LogP contribution is 2.29. The molecule has 4 nitrogen and oxygen atoms in total. The zero-order valence-electron chi connectivity index (χ0n) is 15.3. The van der Waals surface area contributed by atoms with Crippen molar-refractivity contribution in [3.63, 3.8) is 0 Å². The standard InChI is InChI=1S/C22H25N3O/c1-2-17-8-10-19(11-9-17)15-25(20-12-13-20)16-22-23-21(24-26-22)14-18-6-4-3-5-7-18/h3-11,20H,2,12-16H2,1H3. The molecule has 0 bridgehead atoms. The number of benzene rings is 2. The fourth-order valence-electron chi connectivity index (χ4n) is 3.25. The monoisotopic (exact) mass is 347 g/mol. The number of aryl methyl sites for hydroxylation is 1. The van der Waals surface area contributed by atoms with E-state index in [4.69, 9.17) is 4.52 Å². The first kappa shape index (κ1) is 17.0. The Morgan fingerprint density at radius 1 is 0.923 bits per heavy atom. The van der Waals surface area contributed by atoms with E-state index in [0.29, 0.717) is 18.4 Å². The maximum Gasteiger partial charge on any atom is 0.240 e. The van der Waals surface area contributed by atoms with E-state index < -0.39 is 0 Å². The van der Waals surface area contributed by atoms with Gasteiger partial charge in [0.1, 0.15) is 0 Å². The summed E-state index contributed by atoms with van der Waals surface area (Å²) in [6, 6.07) is 19.8. The summed E-state index contributed by atoms with van der Waals surface area (Å²) in [5.41, 5.74) is 3.93. The van der Waals surface area contributed by atoms with Crippen molar-refractivity contribution in [2.75, 3.05) is 0 Å². The van der Waals surface area contributed by atoms with Crippen molar-refractivity contribution >= 4 is 0 Å². The van der Waals surface area contributed by atoms with Crippen molar-refractivity contribution in [3.8, 4) is 0 Å². The van der Waals surface area contributed by atoms with Gasteiger partial charge in [0.2, 0.25) is 5.89 Å². The van der Waals surface area contributed by atoms with Crippen LogP contribution in [0.2, 0.25) is 0 Å². The molecule has 0 atom stereocenters. The van der Waals surface area contributed by atoms with Crippen LogP contribution in [0.3, 0.4) is 0 Å². The van der Waals surface area contributed by atoms with Gasteiger partial charge in [0.25, 0.3) is 0 Å². The smallest absolute Gasteiger partial charge is 0.240 e. The molecule has 1 aliphatic rings. The second-order valence-electron chi connectivity index (χ2n) is 7.07. The molecule has 2 aromatic carbocycles. The second-order valence-corrected chi connectivity index (χ2v) is 7.07. The van der Waals surface area contributed by atoms with Gasteiger partial charge in [-0.15, -0.1) is 0 Å². The molecular formula is C22H25N3O. The Morgan fingerprint density at radius 2 is 1.65 bits per heavy atom. The molecule has 0 amide bonds. The molecule has 1 aromatic heterocycles. The van der Waals surface area contributed by atoms with Crippen molar-refractivity contribution in [1.82, 2.24) is 15.0 Å². The Bertz CT molecular complexity index is 822. The Kier molecular flexibility index (Phi) is 5.12. The number of nitrogens with zero attached hydrogens (tertiary/aromatic N) is 3. The Morgan fingerprint density at radius 3 is 2.35 bits per heavy atom. The predicted octanol–water partition coefficient (Wildman–Crippen LogP) is 4.39. The summed E-state index contributed by atoms with van der Waals surface area (Å²) in [7, 11) is 0. The van der Waals surface area contributed by atoms with Gasteiger partial charge in [0.15, 0.2) is 5.82 Å². The van der Waals surface area contributed by atoms with E-state index in [1.807, 2.05) is 18.2 Å². The molecule has 1 aliphatic carbocycles. The van der Waals surface area contributed by atoms with Crippen molar-refractivity contribution < 1.29 is 4.52 Å². The Hall–Kier alpha value is -2.46. The van der Waals surface area contributed by atoms with Gasteiger partial charge in [0, 0.05) is 19.0 Å². The van der Waals surface area contributed by atoms with Crippen molar-refractivity contribution in [2.45, 2.75) is 51.7 Å². The fraction of sp³-hybridized carbons (Fsp3) is 0.364. The highest BCUT2D eigenvalue weighted by atomic mass is 16.5. The highest BCUT2D eigenvalue weighted by molar-refractivity contribution is 5.23. The van der Waals surface area contributed by atoms with Gasteiger partial charge in [-0.2, -0.15) is 4.98 Å². The van der Waals surface area contributed by atoms with Crippen LogP contribution in [0.4, 0.5) is 0 Å². The molecule has 0 radical (unpaired) electrons. The van der Waals surface area contributed by atoms with Crippen LogP contribution in [0.25, 0.3) is 0 Å². The van der Waals surface area contributed by atoms with E-state index >= 15 is 0 Å². The third-order valence-electron chi connectivity index (χ3n) is 4.93. The van der Waals surface area contributed by atoms with Crippen LogP contribution < -0.4 is 0 Å². The normalized spacial score (nSPS) is 14.1. The van der Waals surface area contributed by atoms with Gasteiger partial charge in [-0.3, -0.25) is 4.90 Å². The third kappa shape index (κ3) is 4.38. The van der Waals surface area contributed by atoms with Gasteiger partial charge in [-0.25, -0.2) is 0 Å². The van der Waals surface area contributed by atoms with Crippen molar-refractivity contribution in [2.24, 2.45) is 0 Å². The lowest BCUT2D eigenvalue weighted by Gasteiger charge is -2.20. The molecule has 0 N–H and O–H groups in total. The maximum absolute atomic E-state index is 5.52. The van der Waals surface area contributed by atoms with E-state index in [2.05, 4.69) is 58.4 Å². The quantitative estimate of drug-likeness (QED) is 0.606. The summed E-state index contributed by atoms with van der Waals surface area (Å²) in [4.78, 5) is 7.06. The topological polar surface area (TPSA) is 42.2 Å². The van der Waals surface area contributed by atoms with Crippen LogP contribution in [0.15, 0.2) is 59.1 Å². The summed E-state index contributed by atoms with van der Waals surface area (Å²) in [5, 5.41) is 4.16. The molecule has 1 saturated carbocycles. The maximum atomic E-state index is 5.52. The lowest BCUT2D eigenvalue weighted by Crippen LogP contribution is -2.25. The lowest BCUT2D eigenvalue weighted by atomic mass is 10.1. The van der Waals surface area contributed by atoms with Gasteiger partial charge in [-0.1, -0.05) is 66.7 Å². The van der Waals surface area contributed by atoms with Gasteiger partial charge < -0.3 is 4.52 Å². The van der Waals surface area contributed by atoms with E-state index in [1.165, 1.54) is 29.5 Å². The molecule has 3 aromatic rings. The molecular weight excluding hydrogens is 322 g/mol. The van der Waals surface area contributed by atoms with Crippen molar-refractivity contribution in [3.05, 3.63) is 83.0 Å². The number of hydrogen-bond donors (Lipinski definition) is 0. The first-order valence-corrected chi connectivity index (χ1v) is 9.47. The van der Waals surface area contributed by atoms with Crippen molar-refractivity contribution in [1.29, 1.82) is 0 Å². The number of aromatic nitrogens is 2. The second kappa shape index (κ2) is 7.83. The number of hydrogen-bond acceptors (Lipinski definition) is 4.